The van der Waals surface area contributed by atoms with E-state index >= 15 is 0 Å². The molecule has 1 aromatic rings. The van der Waals surface area contributed by atoms with E-state index in [1.54, 1.807) is 7.11 Å². The van der Waals surface area contributed by atoms with E-state index in [0.717, 1.165) is 16.9 Å². The first kappa shape index (κ1) is 10.8. The first-order chi connectivity index (χ1) is 6.74. The van der Waals surface area contributed by atoms with E-state index in [2.05, 4.69) is 6.58 Å². The Morgan fingerprint density at radius 3 is 2.79 bits per heavy atom. The summed E-state index contributed by atoms with van der Waals surface area (Å²) in [5.41, 5.74) is 2.15. The molecule has 0 saturated heterocycles. The maximum atomic E-state index is 5.47. The third-order valence-corrected chi connectivity index (χ3v) is 1.88. The number of hydrogen-bond acceptors (Lipinski definition) is 2. The Morgan fingerprint density at radius 1 is 1.36 bits per heavy atom. The maximum Gasteiger partial charge on any atom is 0.120 e. The minimum Gasteiger partial charge on any atom is -0.491 e. The highest BCUT2D eigenvalue weighted by atomic mass is 16.5. The minimum atomic E-state index is 0.580. The van der Waals surface area contributed by atoms with Crippen molar-refractivity contribution in [2.45, 2.75) is 6.92 Å². The van der Waals surface area contributed by atoms with Crippen molar-refractivity contribution in [2.75, 3.05) is 20.3 Å². The molecule has 1 aromatic carbocycles. The molecule has 0 aliphatic heterocycles. The van der Waals surface area contributed by atoms with Crippen molar-refractivity contribution in [3.8, 4) is 5.75 Å². The van der Waals surface area contributed by atoms with Gasteiger partial charge in [0, 0.05) is 7.11 Å². The molecule has 0 N–H and O–H groups in total. The quantitative estimate of drug-likeness (QED) is 0.668. The van der Waals surface area contributed by atoms with Crippen molar-refractivity contribution in [1.82, 2.24) is 0 Å². The molecule has 0 fully saturated rings. The Labute approximate surface area is 85.2 Å². The fraction of sp³-hybridized carbons (Fsp3) is 0.333. The Morgan fingerprint density at radius 2 is 2.14 bits per heavy atom. The lowest BCUT2D eigenvalue weighted by molar-refractivity contribution is 0.146. The highest BCUT2D eigenvalue weighted by Gasteiger charge is 1.96. The van der Waals surface area contributed by atoms with Crippen molar-refractivity contribution in [3.63, 3.8) is 0 Å². The highest BCUT2D eigenvalue weighted by molar-refractivity contribution is 5.62. The Hall–Kier alpha value is -1.28. The van der Waals surface area contributed by atoms with Gasteiger partial charge in [0.15, 0.2) is 0 Å². The molecule has 14 heavy (non-hydrogen) atoms. The Bertz CT molecular complexity index is 305. The standard InChI is InChI=1S/C12H16O2/c1-10(2)11-5-4-6-12(9-11)14-8-7-13-3/h4-6,9H,1,7-8H2,2-3H3. The monoisotopic (exact) mass is 192 g/mol. The summed E-state index contributed by atoms with van der Waals surface area (Å²) in [6.45, 7) is 7.05. The molecule has 1 rings (SSSR count). The van der Waals surface area contributed by atoms with Gasteiger partial charge in [-0.1, -0.05) is 24.3 Å². The predicted molar refractivity (Wildman–Crippen MR) is 58.5 cm³/mol. The summed E-state index contributed by atoms with van der Waals surface area (Å²) in [5, 5.41) is 0. The number of methoxy groups -OCH3 is 1. The molecular weight excluding hydrogens is 176 g/mol. The lowest BCUT2D eigenvalue weighted by atomic mass is 10.1. The van der Waals surface area contributed by atoms with Gasteiger partial charge < -0.3 is 9.47 Å². The summed E-state index contributed by atoms with van der Waals surface area (Å²) < 4.78 is 10.4. The van der Waals surface area contributed by atoms with Crippen LogP contribution < -0.4 is 4.74 Å². The van der Waals surface area contributed by atoms with E-state index in [4.69, 9.17) is 9.47 Å². The average molecular weight is 192 g/mol. The number of benzene rings is 1. The van der Waals surface area contributed by atoms with Crippen LogP contribution in [0.3, 0.4) is 0 Å². The number of hydrogen-bond donors (Lipinski definition) is 0. The van der Waals surface area contributed by atoms with E-state index in [1.807, 2.05) is 31.2 Å². The number of rotatable bonds is 5. The Balaban J connectivity index is 2.59. The summed E-state index contributed by atoms with van der Waals surface area (Å²) in [7, 11) is 1.66. The topological polar surface area (TPSA) is 18.5 Å². The van der Waals surface area contributed by atoms with Crippen LogP contribution in [0.25, 0.3) is 5.57 Å². The third-order valence-electron chi connectivity index (χ3n) is 1.88. The van der Waals surface area contributed by atoms with Gasteiger partial charge in [0.05, 0.1) is 6.61 Å². The van der Waals surface area contributed by atoms with Crippen molar-refractivity contribution in [3.05, 3.63) is 36.4 Å². The first-order valence-electron chi connectivity index (χ1n) is 4.61. The zero-order valence-electron chi connectivity index (χ0n) is 8.75. The van der Waals surface area contributed by atoms with Crippen LogP contribution in [0.5, 0.6) is 5.75 Å². The van der Waals surface area contributed by atoms with E-state index in [0.29, 0.717) is 13.2 Å². The second-order valence-corrected chi connectivity index (χ2v) is 3.15. The fourth-order valence-corrected chi connectivity index (χ4v) is 1.09. The second-order valence-electron chi connectivity index (χ2n) is 3.15. The lowest BCUT2D eigenvalue weighted by Crippen LogP contribution is -2.04. The van der Waals surface area contributed by atoms with E-state index in [9.17, 15) is 0 Å². The van der Waals surface area contributed by atoms with Crippen LogP contribution in [0.2, 0.25) is 0 Å². The minimum absolute atomic E-state index is 0.580. The smallest absolute Gasteiger partial charge is 0.120 e. The molecule has 0 aliphatic rings. The molecule has 0 spiro atoms. The maximum absolute atomic E-state index is 5.47. The molecule has 0 atom stereocenters. The number of allylic oxidation sites excluding steroid dienone is 1. The van der Waals surface area contributed by atoms with Gasteiger partial charge in [-0.05, 0) is 24.6 Å². The van der Waals surface area contributed by atoms with Crippen LogP contribution in [0, 0.1) is 0 Å². The average Bonchev–Trinajstić information content (AvgIpc) is 2.19. The molecule has 2 heteroatoms. The summed E-state index contributed by atoms with van der Waals surface area (Å²) in [5.74, 6) is 0.863. The van der Waals surface area contributed by atoms with E-state index < -0.39 is 0 Å². The molecule has 0 heterocycles. The van der Waals surface area contributed by atoms with Gasteiger partial charge >= 0.3 is 0 Å². The van der Waals surface area contributed by atoms with Crippen molar-refractivity contribution < 1.29 is 9.47 Å². The van der Waals surface area contributed by atoms with Crippen LogP contribution >= 0.6 is 0 Å². The molecule has 0 aliphatic carbocycles. The molecule has 76 valence electrons. The predicted octanol–water partition coefficient (Wildman–Crippen LogP) is 2.74. The first-order valence-corrected chi connectivity index (χ1v) is 4.61. The molecule has 0 radical (unpaired) electrons. The Kier molecular flexibility index (Phi) is 4.20. The van der Waals surface area contributed by atoms with Crippen molar-refractivity contribution >= 4 is 5.57 Å². The van der Waals surface area contributed by atoms with E-state index in [1.165, 1.54) is 0 Å². The van der Waals surface area contributed by atoms with Gasteiger partial charge in [-0.25, -0.2) is 0 Å². The fourth-order valence-electron chi connectivity index (χ4n) is 1.09. The van der Waals surface area contributed by atoms with Crippen LogP contribution in [0.15, 0.2) is 30.8 Å². The number of ether oxygens (including phenoxy) is 2. The van der Waals surface area contributed by atoms with Crippen LogP contribution in [0.4, 0.5) is 0 Å². The van der Waals surface area contributed by atoms with Gasteiger partial charge in [-0.2, -0.15) is 0 Å². The molecule has 0 unspecified atom stereocenters. The van der Waals surface area contributed by atoms with Crippen molar-refractivity contribution in [2.24, 2.45) is 0 Å². The van der Waals surface area contributed by atoms with Crippen LogP contribution in [-0.4, -0.2) is 20.3 Å². The lowest BCUT2D eigenvalue weighted by Gasteiger charge is -2.07. The molecule has 0 amide bonds. The zero-order valence-corrected chi connectivity index (χ0v) is 8.75. The van der Waals surface area contributed by atoms with Gasteiger partial charge in [-0.15, -0.1) is 0 Å². The normalized spacial score (nSPS) is 9.86. The van der Waals surface area contributed by atoms with E-state index in [-0.39, 0.29) is 0 Å². The largest absolute Gasteiger partial charge is 0.491 e. The van der Waals surface area contributed by atoms with Gasteiger partial charge in [0.2, 0.25) is 0 Å². The highest BCUT2D eigenvalue weighted by Crippen LogP contribution is 2.18. The molecule has 0 aromatic heterocycles. The third kappa shape index (κ3) is 3.23. The summed E-state index contributed by atoms with van der Waals surface area (Å²) >= 11 is 0. The van der Waals surface area contributed by atoms with Gasteiger partial charge in [0.25, 0.3) is 0 Å². The zero-order chi connectivity index (χ0) is 10.4. The van der Waals surface area contributed by atoms with Crippen LogP contribution in [0.1, 0.15) is 12.5 Å². The van der Waals surface area contributed by atoms with Gasteiger partial charge in [-0.3, -0.25) is 0 Å². The molecule has 0 saturated carbocycles. The summed E-state index contributed by atoms with van der Waals surface area (Å²) in [6, 6.07) is 7.90. The second kappa shape index (κ2) is 5.45. The molecule has 0 bridgehead atoms. The molecule has 2 nitrogen and oxygen atoms in total. The summed E-state index contributed by atoms with van der Waals surface area (Å²) in [4.78, 5) is 0. The van der Waals surface area contributed by atoms with Crippen molar-refractivity contribution in [1.29, 1.82) is 0 Å². The van der Waals surface area contributed by atoms with Gasteiger partial charge in [0.1, 0.15) is 12.4 Å². The van der Waals surface area contributed by atoms with Crippen LogP contribution in [-0.2, 0) is 4.74 Å². The molecular formula is C12H16O2. The summed E-state index contributed by atoms with van der Waals surface area (Å²) in [6.07, 6.45) is 0. The SMILES string of the molecule is C=C(C)c1cccc(OCCOC)c1.